The van der Waals surface area contributed by atoms with Gasteiger partial charge in [-0.2, -0.15) is 0 Å². The zero-order chi connectivity index (χ0) is 25.7. The van der Waals surface area contributed by atoms with Crippen molar-refractivity contribution in [2.75, 3.05) is 11.5 Å². The fourth-order valence-corrected chi connectivity index (χ4v) is 4.42. The summed E-state index contributed by atoms with van der Waals surface area (Å²) in [5.74, 6) is 1.16. The summed E-state index contributed by atoms with van der Waals surface area (Å²) in [7, 11) is 0. The third-order valence-corrected chi connectivity index (χ3v) is 6.19. The Bertz CT molecular complexity index is 1380. The Morgan fingerprint density at radius 2 is 1.89 bits per heavy atom. The lowest BCUT2D eigenvalue weighted by Gasteiger charge is -2.25. The summed E-state index contributed by atoms with van der Waals surface area (Å²) < 4.78 is 6.28. The Kier molecular flexibility index (Phi) is 7.32. The van der Waals surface area contributed by atoms with Crippen molar-refractivity contribution in [3.8, 4) is 12.3 Å². The number of esters is 1. The van der Waals surface area contributed by atoms with Gasteiger partial charge >= 0.3 is 5.97 Å². The van der Waals surface area contributed by atoms with Crippen LogP contribution in [0.2, 0.25) is 5.02 Å². The Morgan fingerprint density at radius 1 is 1.17 bits per heavy atom. The molecule has 0 N–H and O–H groups in total. The molecule has 1 aliphatic heterocycles. The van der Waals surface area contributed by atoms with E-state index in [0.717, 1.165) is 4.90 Å². The van der Waals surface area contributed by atoms with Gasteiger partial charge in [-0.1, -0.05) is 53.2 Å². The number of ether oxygens (including phenoxy) is 1. The molecule has 4 rings (SSSR count). The van der Waals surface area contributed by atoms with Gasteiger partial charge in [-0.05, 0) is 36.8 Å². The molecule has 182 valence electrons. The lowest BCUT2D eigenvalue weighted by atomic mass is 9.74. The molecule has 2 amide bonds. The van der Waals surface area contributed by atoms with Gasteiger partial charge in [0.2, 0.25) is 5.91 Å². The standard InChI is InChI=1S/C27H23ClN4O4/c1-3-14-27(16-20-17-31(30-29-20)18-24(33)36-4-2)22(15-19-10-8-9-13-23(19)28)25(34)32(26(27)35)21-11-6-5-7-12-21/h1,5-13,15,17H,4,14,16,18H2,2H3/b22-15-/t27-/m1/s1. The van der Waals surface area contributed by atoms with Crippen LogP contribution in [0.1, 0.15) is 24.6 Å². The molecule has 2 aromatic carbocycles. The molecule has 1 atom stereocenters. The maximum Gasteiger partial charge on any atom is 0.327 e. The smallest absolute Gasteiger partial charge is 0.327 e. The first-order chi connectivity index (χ1) is 17.4. The maximum absolute atomic E-state index is 14.0. The van der Waals surface area contributed by atoms with Crippen LogP contribution in [0.4, 0.5) is 5.69 Å². The van der Waals surface area contributed by atoms with E-state index in [2.05, 4.69) is 16.2 Å². The highest BCUT2D eigenvalue weighted by molar-refractivity contribution is 6.34. The van der Waals surface area contributed by atoms with Crippen LogP contribution in [-0.4, -0.2) is 39.4 Å². The van der Waals surface area contributed by atoms with Crippen LogP contribution in [0.3, 0.4) is 0 Å². The normalized spacial score (nSPS) is 18.5. The van der Waals surface area contributed by atoms with Gasteiger partial charge in [0.05, 0.1) is 23.4 Å². The van der Waals surface area contributed by atoms with Gasteiger partial charge in [-0.3, -0.25) is 14.4 Å². The van der Waals surface area contributed by atoms with E-state index in [4.69, 9.17) is 22.8 Å². The Balaban J connectivity index is 1.81. The van der Waals surface area contributed by atoms with Crippen molar-refractivity contribution in [1.29, 1.82) is 0 Å². The Labute approximate surface area is 213 Å². The lowest BCUT2D eigenvalue weighted by Crippen LogP contribution is -2.37. The van der Waals surface area contributed by atoms with Gasteiger partial charge in [0, 0.05) is 29.6 Å². The molecule has 9 heteroatoms. The number of rotatable bonds is 8. The van der Waals surface area contributed by atoms with Crippen LogP contribution < -0.4 is 4.90 Å². The second-order valence-electron chi connectivity index (χ2n) is 8.21. The number of anilines is 1. The number of benzene rings is 2. The number of hydrogen-bond acceptors (Lipinski definition) is 6. The first-order valence-electron chi connectivity index (χ1n) is 11.3. The van der Waals surface area contributed by atoms with Crippen LogP contribution in [0, 0.1) is 17.8 Å². The number of terminal acetylenes is 1. The minimum Gasteiger partial charge on any atom is -0.465 e. The number of carbonyl (C=O) groups is 3. The molecule has 1 aromatic heterocycles. The average Bonchev–Trinajstić information content (AvgIpc) is 3.37. The summed E-state index contributed by atoms with van der Waals surface area (Å²) in [6.07, 6.45) is 8.86. The zero-order valence-electron chi connectivity index (χ0n) is 19.6. The number of halogens is 1. The molecule has 1 saturated heterocycles. The number of imide groups is 1. The van der Waals surface area contributed by atoms with Crippen molar-refractivity contribution in [3.05, 3.63) is 82.6 Å². The van der Waals surface area contributed by atoms with E-state index < -0.39 is 23.2 Å². The molecule has 0 bridgehead atoms. The molecule has 8 nitrogen and oxygen atoms in total. The fraction of sp³-hybridized carbons (Fsp3) is 0.222. The van der Waals surface area contributed by atoms with E-state index in [9.17, 15) is 14.4 Å². The molecule has 2 heterocycles. The molecule has 36 heavy (non-hydrogen) atoms. The lowest BCUT2D eigenvalue weighted by molar-refractivity contribution is -0.144. The summed E-state index contributed by atoms with van der Waals surface area (Å²) in [6.45, 7) is 1.82. The van der Waals surface area contributed by atoms with Gasteiger partial charge in [-0.25, -0.2) is 9.58 Å². The third kappa shape index (κ3) is 4.79. The average molecular weight is 503 g/mol. The Hall–Kier alpha value is -4.22. The van der Waals surface area contributed by atoms with Crippen molar-refractivity contribution in [2.45, 2.75) is 26.3 Å². The van der Waals surface area contributed by atoms with E-state index >= 15 is 0 Å². The quantitative estimate of drug-likeness (QED) is 0.202. The van der Waals surface area contributed by atoms with E-state index in [-0.39, 0.29) is 31.6 Å². The SMILES string of the molecule is C#CC[C@]1(Cc2cn(CC(=O)OCC)nn2)C(=O)N(c2ccccc2)C(=O)/C1=C/c1ccccc1Cl. The third-order valence-electron chi connectivity index (χ3n) is 5.85. The van der Waals surface area contributed by atoms with Gasteiger partial charge < -0.3 is 4.74 Å². The van der Waals surface area contributed by atoms with Crippen molar-refractivity contribution >= 4 is 41.1 Å². The number of para-hydroxylation sites is 1. The first kappa shape index (κ1) is 24.9. The van der Waals surface area contributed by atoms with E-state index in [0.29, 0.717) is 22.0 Å². The predicted molar refractivity (Wildman–Crippen MR) is 135 cm³/mol. The summed E-state index contributed by atoms with van der Waals surface area (Å²) >= 11 is 6.38. The van der Waals surface area contributed by atoms with Gasteiger partial charge in [-0.15, -0.1) is 17.4 Å². The summed E-state index contributed by atoms with van der Waals surface area (Å²) in [5, 5.41) is 8.55. The highest BCUT2D eigenvalue weighted by Crippen LogP contribution is 2.46. The van der Waals surface area contributed by atoms with Crippen LogP contribution in [0.25, 0.3) is 6.08 Å². The summed E-state index contributed by atoms with van der Waals surface area (Å²) in [4.78, 5) is 40.7. The van der Waals surface area contributed by atoms with Crippen molar-refractivity contribution < 1.29 is 19.1 Å². The van der Waals surface area contributed by atoms with Crippen LogP contribution >= 0.6 is 11.6 Å². The van der Waals surface area contributed by atoms with Gasteiger partial charge in [0.1, 0.15) is 6.54 Å². The minimum absolute atomic E-state index is 0.00418. The molecule has 0 spiro atoms. The first-order valence-corrected chi connectivity index (χ1v) is 11.7. The van der Waals surface area contributed by atoms with E-state index in [1.54, 1.807) is 73.8 Å². The van der Waals surface area contributed by atoms with Crippen LogP contribution in [0.15, 0.2) is 66.4 Å². The molecule has 0 aliphatic carbocycles. The zero-order valence-corrected chi connectivity index (χ0v) is 20.3. The van der Waals surface area contributed by atoms with Gasteiger partial charge in [0.25, 0.3) is 5.91 Å². The number of aromatic nitrogens is 3. The van der Waals surface area contributed by atoms with Crippen molar-refractivity contribution in [1.82, 2.24) is 15.0 Å². The van der Waals surface area contributed by atoms with Crippen molar-refractivity contribution in [2.24, 2.45) is 5.41 Å². The van der Waals surface area contributed by atoms with Crippen molar-refractivity contribution in [3.63, 3.8) is 0 Å². The number of nitrogens with zero attached hydrogens (tertiary/aromatic N) is 4. The molecule has 0 radical (unpaired) electrons. The van der Waals surface area contributed by atoms with Crippen LogP contribution in [0.5, 0.6) is 0 Å². The summed E-state index contributed by atoms with van der Waals surface area (Å²) in [6, 6.07) is 15.7. The molecule has 1 aliphatic rings. The molecule has 3 aromatic rings. The van der Waals surface area contributed by atoms with E-state index in [1.165, 1.54) is 4.68 Å². The van der Waals surface area contributed by atoms with E-state index in [1.807, 2.05) is 0 Å². The highest BCUT2D eigenvalue weighted by Gasteiger charge is 2.56. The maximum atomic E-state index is 14.0. The largest absolute Gasteiger partial charge is 0.465 e. The van der Waals surface area contributed by atoms with Gasteiger partial charge in [0.15, 0.2) is 0 Å². The number of hydrogen-bond donors (Lipinski definition) is 0. The fourth-order valence-electron chi connectivity index (χ4n) is 4.23. The molecular formula is C27H23ClN4O4. The topological polar surface area (TPSA) is 94.4 Å². The molecular weight excluding hydrogens is 480 g/mol. The molecule has 1 fully saturated rings. The molecule has 0 unspecified atom stereocenters. The monoisotopic (exact) mass is 502 g/mol. The Morgan fingerprint density at radius 3 is 2.58 bits per heavy atom. The number of carbonyl (C=O) groups excluding carboxylic acids is 3. The second-order valence-corrected chi connectivity index (χ2v) is 8.62. The number of amides is 2. The predicted octanol–water partition coefficient (Wildman–Crippen LogP) is 3.70. The summed E-state index contributed by atoms with van der Waals surface area (Å²) in [5.41, 5.74) is 0.212. The second kappa shape index (κ2) is 10.6. The minimum atomic E-state index is -1.41. The highest BCUT2D eigenvalue weighted by atomic mass is 35.5. The van der Waals surface area contributed by atoms with Crippen LogP contribution in [-0.2, 0) is 32.1 Å². The molecule has 0 saturated carbocycles.